The molecule has 1 aromatic rings. The minimum atomic E-state index is -0.540. The van der Waals surface area contributed by atoms with E-state index in [1.165, 1.54) is 4.90 Å². The third-order valence-corrected chi connectivity index (χ3v) is 6.99. The largest absolute Gasteiger partial charge is 0.491 e. The molecule has 6 heteroatoms. The first kappa shape index (κ1) is 21.3. The number of rotatable bonds is 8. The zero-order chi connectivity index (χ0) is 21.2. The summed E-state index contributed by atoms with van der Waals surface area (Å²) >= 11 is 0. The van der Waals surface area contributed by atoms with E-state index in [1.807, 2.05) is 39.0 Å². The number of para-hydroxylation sites is 2. The molecule has 1 saturated carbocycles. The lowest BCUT2D eigenvalue weighted by molar-refractivity contribution is -0.167. The number of benzene rings is 1. The van der Waals surface area contributed by atoms with Crippen LogP contribution in [0.25, 0.3) is 0 Å². The number of amides is 3. The van der Waals surface area contributed by atoms with E-state index in [-0.39, 0.29) is 42.0 Å². The lowest BCUT2D eigenvalue weighted by Gasteiger charge is -2.47. The molecule has 0 aromatic heterocycles. The van der Waals surface area contributed by atoms with Crippen molar-refractivity contribution >= 4 is 23.4 Å². The quantitative estimate of drug-likeness (QED) is 0.528. The molecule has 1 aliphatic carbocycles. The molecule has 1 heterocycles. The molecule has 3 rings (SSSR count). The first-order chi connectivity index (χ1) is 13.7. The van der Waals surface area contributed by atoms with Crippen LogP contribution in [0.3, 0.4) is 0 Å². The van der Waals surface area contributed by atoms with Gasteiger partial charge in [0.25, 0.3) is 0 Å². The molecular weight excluding hydrogens is 368 g/mol. The number of hydrogen-bond acceptors (Lipinski definition) is 4. The van der Waals surface area contributed by atoms with Crippen molar-refractivity contribution in [3.05, 3.63) is 24.3 Å². The highest BCUT2D eigenvalue weighted by Crippen LogP contribution is 2.60. The topological polar surface area (TPSA) is 75.7 Å². The van der Waals surface area contributed by atoms with Crippen LogP contribution in [-0.2, 0) is 14.4 Å². The molecular formula is C23H32N2O4. The van der Waals surface area contributed by atoms with E-state index in [0.29, 0.717) is 18.0 Å². The molecule has 1 saturated heterocycles. The highest BCUT2D eigenvalue weighted by molar-refractivity contribution is 6.04. The third kappa shape index (κ3) is 3.77. The summed E-state index contributed by atoms with van der Waals surface area (Å²) in [4.78, 5) is 39.8. The number of hydrogen-bond donors (Lipinski definition) is 1. The van der Waals surface area contributed by atoms with Crippen LogP contribution >= 0.6 is 0 Å². The van der Waals surface area contributed by atoms with Crippen molar-refractivity contribution in [2.45, 2.75) is 59.8 Å². The van der Waals surface area contributed by atoms with Gasteiger partial charge in [-0.25, -0.2) is 0 Å². The van der Waals surface area contributed by atoms with Gasteiger partial charge in [0.1, 0.15) is 5.75 Å². The number of carbonyl (C=O) groups is 3. The van der Waals surface area contributed by atoms with Crippen molar-refractivity contribution in [2.75, 3.05) is 18.5 Å². The third-order valence-electron chi connectivity index (χ3n) is 6.99. The maximum Gasteiger partial charge on any atom is 0.235 e. The van der Waals surface area contributed by atoms with Gasteiger partial charge in [0.2, 0.25) is 17.7 Å². The Balaban J connectivity index is 1.62. The Hall–Kier alpha value is -2.37. The van der Waals surface area contributed by atoms with Crippen LogP contribution in [-0.4, -0.2) is 35.8 Å². The summed E-state index contributed by atoms with van der Waals surface area (Å²) in [5.74, 6) is -0.0319. The minimum absolute atomic E-state index is 0.0734. The average molecular weight is 401 g/mol. The van der Waals surface area contributed by atoms with Crippen LogP contribution in [0.15, 0.2) is 24.3 Å². The van der Waals surface area contributed by atoms with E-state index in [4.69, 9.17) is 4.74 Å². The van der Waals surface area contributed by atoms with Gasteiger partial charge in [-0.05, 0) is 36.8 Å². The fourth-order valence-corrected chi connectivity index (χ4v) is 4.56. The summed E-state index contributed by atoms with van der Waals surface area (Å²) in [6.07, 6.45) is 3.50. The standard InChI is InChI=1S/C23H32N2O4/c1-5-6-15-29-18-10-8-7-9-17(18)24-19(26)12-14-25-20(27)16-11-13-23(4,21(25)28)22(16,2)3/h7-10,16H,5-6,11-15H2,1-4H3,(H,24,26). The number of likely N-dealkylation sites (tertiary alicyclic amines) is 1. The molecule has 29 heavy (non-hydrogen) atoms. The van der Waals surface area contributed by atoms with E-state index in [0.717, 1.165) is 25.7 Å². The van der Waals surface area contributed by atoms with Gasteiger partial charge in [-0.3, -0.25) is 19.3 Å². The lowest BCUT2D eigenvalue weighted by Crippen LogP contribution is -2.59. The zero-order valence-corrected chi connectivity index (χ0v) is 17.9. The molecule has 2 unspecified atom stereocenters. The number of ether oxygens (including phenoxy) is 1. The number of unbranched alkanes of at least 4 members (excludes halogenated alkanes) is 1. The van der Waals surface area contributed by atoms with E-state index >= 15 is 0 Å². The van der Waals surface area contributed by atoms with Crippen molar-refractivity contribution in [3.63, 3.8) is 0 Å². The number of nitrogens with zero attached hydrogens (tertiary/aromatic N) is 1. The maximum absolute atomic E-state index is 13.1. The second kappa shape index (κ2) is 8.17. The fourth-order valence-electron chi connectivity index (χ4n) is 4.56. The van der Waals surface area contributed by atoms with Gasteiger partial charge < -0.3 is 10.1 Å². The SMILES string of the molecule is CCCCOc1ccccc1NC(=O)CCN1C(=O)C2CCC(C)(C1=O)C2(C)C. The smallest absolute Gasteiger partial charge is 0.235 e. The fraction of sp³-hybridized carbons (Fsp3) is 0.609. The van der Waals surface area contributed by atoms with Gasteiger partial charge in [0.05, 0.1) is 17.7 Å². The van der Waals surface area contributed by atoms with Crippen LogP contribution < -0.4 is 10.1 Å². The molecule has 2 bridgehead atoms. The lowest BCUT2D eigenvalue weighted by atomic mass is 9.62. The highest BCUT2D eigenvalue weighted by atomic mass is 16.5. The normalized spacial score (nSPS) is 25.2. The monoisotopic (exact) mass is 400 g/mol. The molecule has 1 aliphatic heterocycles. The van der Waals surface area contributed by atoms with Crippen molar-refractivity contribution < 1.29 is 19.1 Å². The van der Waals surface area contributed by atoms with Crippen LogP contribution in [0, 0.1) is 16.7 Å². The number of fused-ring (bicyclic) bond motifs is 2. The van der Waals surface area contributed by atoms with E-state index in [1.54, 1.807) is 6.07 Å². The van der Waals surface area contributed by atoms with Gasteiger partial charge in [0, 0.05) is 18.9 Å². The predicted octanol–water partition coefficient (Wildman–Crippen LogP) is 4.01. The second-order valence-corrected chi connectivity index (χ2v) is 8.94. The summed E-state index contributed by atoms with van der Waals surface area (Å²) in [5, 5.41) is 2.86. The molecule has 6 nitrogen and oxygen atoms in total. The molecule has 2 atom stereocenters. The molecule has 1 N–H and O–H groups in total. The Morgan fingerprint density at radius 1 is 1.24 bits per heavy atom. The van der Waals surface area contributed by atoms with Gasteiger partial charge in [-0.15, -0.1) is 0 Å². The first-order valence-electron chi connectivity index (χ1n) is 10.6. The Morgan fingerprint density at radius 2 is 1.97 bits per heavy atom. The van der Waals surface area contributed by atoms with Crippen molar-refractivity contribution in [3.8, 4) is 5.75 Å². The van der Waals surface area contributed by atoms with Crippen molar-refractivity contribution in [1.29, 1.82) is 0 Å². The number of nitrogens with one attached hydrogen (secondary N) is 1. The van der Waals surface area contributed by atoms with Gasteiger partial charge in [0.15, 0.2) is 0 Å². The second-order valence-electron chi connectivity index (χ2n) is 8.94. The maximum atomic E-state index is 13.1. The summed E-state index contributed by atoms with van der Waals surface area (Å²) in [5.41, 5.74) is -0.269. The van der Waals surface area contributed by atoms with E-state index in [2.05, 4.69) is 12.2 Å². The average Bonchev–Trinajstić information content (AvgIpc) is 2.87. The number of piperidine rings is 1. The molecule has 158 valence electrons. The molecule has 1 aromatic carbocycles. The van der Waals surface area contributed by atoms with Crippen LogP contribution in [0.1, 0.15) is 59.8 Å². The van der Waals surface area contributed by atoms with E-state index < -0.39 is 5.41 Å². The van der Waals surface area contributed by atoms with E-state index in [9.17, 15) is 14.4 Å². The number of imide groups is 1. The summed E-state index contributed by atoms with van der Waals surface area (Å²) in [6.45, 7) is 8.78. The van der Waals surface area contributed by atoms with Crippen LogP contribution in [0.4, 0.5) is 5.69 Å². The Morgan fingerprint density at radius 3 is 2.69 bits per heavy atom. The highest BCUT2D eigenvalue weighted by Gasteiger charge is 2.64. The Bertz CT molecular complexity index is 804. The van der Waals surface area contributed by atoms with Gasteiger partial charge >= 0.3 is 0 Å². The summed E-state index contributed by atoms with van der Waals surface area (Å²) < 4.78 is 5.75. The van der Waals surface area contributed by atoms with Crippen molar-refractivity contribution in [1.82, 2.24) is 4.90 Å². The molecule has 2 aliphatic rings. The summed E-state index contributed by atoms with van der Waals surface area (Å²) in [6, 6.07) is 7.31. The predicted molar refractivity (Wildman–Crippen MR) is 111 cm³/mol. The minimum Gasteiger partial charge on any atom is -0.491 e. The molecule has 0 spiro atoms. The summed E-state index contributed by atoms with van der Waals surface area (Å²) in [7, 11) is 0. The Labute approximate surface area is 173 Å². The zero-order valence-electron chi connectivity index (χ0n) is 17.9. The van der Waals surface area contributed by atoms with Gasteiger partial charge in [-0.2, -0.15) is 0 Å². The van der Waals surface area contributed by atoms with Crippen molar-refractivity contribution in [2.24, 2.45) is 16.7 Å². The van der Waals surface area contributed by atoms with Gasteiger partial charge in [-0.1, -0.05) is 46.2 Å². The number of anilines is 1. The van der Waals surface area contributed by atoms with Crippen LogP contribution in [0.2, 0.25) is 0 Å². The molecule has 3 amide bonds. The molecule has 0 radical (unpaired) electrons. The van der Waals surface area contributed by atoms with Crippen LogP contribution in [0.5, 0.6) is 5.75 Å². The molecule has 2 fully saturated rings. The first-order valence-corrected chi connectivity index (χ1v) is 10.6. The number of carbonyl (C=O) groups excluding carboxylic acids is 3. The Kier molecular flexibility index (Phi) is 6.01.